The SMILES string of the molecule is CC(=N)N1CCC(Oc2ccc3c(c2)COC(=O)N3C/C=C\c2cccc(C(=N)N)c2)CC1. The summed E-state index contributed by atoms with van der Waals surface area (Å²) < 4.78 is 11.6. The van der Waals surface area contributed by atoms with Crippen LogP contribution in [0.1, 0.15) is 36.5 Å². The van der Waals surface area contributed by atoms with Crippen LogP contribution in [0.2, 0.25) is 0 Å². The number of rotatable bonds is 6. The molecule has 2 aromatic carbocycles. The van der Waals surface area contributed by atoms with Crippen LogP contribution in [0, 0.1) is 10.8 Å². The number of carbonyl (C=O) groups is 1. The number of hydrogen-bond donors (Lipinski definition) is 3. The molecule has 1 saturated heterocycles. The number of cyclic esters (lactones) is 1. The van der Waals surface area contributed by atoms with Crippen molar-refractivity contribution in [3.8, 4) is 5.75 Å². The van der Waals surface area contributed by atoms with Gasteiger partial charge in [0.15, 0.2) is 0 Å². The number of nitrogens with two attached hydrogens (primary N) is 1. The van der Waals surface area contributed by atoms with Crippen molar-refractivity contribution in [1.29, 1.82) is 10.8 Å². The molecule has 2 aliphatic heterocycles. The summed E-state index contributed by atoms with van der Waals surface area (Å²) in [6.07, 6.45) is 5.28. The Morgan fingerprint density at radius 1 is 1.21 bits per heavy atom. The van der Waals surface area contributed by atoms with Crippen LogP contribution in [0.4, 0.5) is 10.5 Å². The lowest BCUT2D eigenvalue weighted by Crippen LogP contribution is -2.40. The van der Waals surface area contributed by atoms with Crippen molar-refractivity contribution in [2.24, 2.45) is 5.73 Å². The van der Waals surface area contributed by atoms with Crippen LogP contribution < -0.4 is 15.4 Å². The van der Waals surface area contributed by atoms with Crippen LogP contribution in [0.25, 0.3) is 6.08 Å². The highest BCUT2D eigenvalue weighted by Crippen LogP contribution is 2.31. The third-order valence-electron chi connectivity index (χ3n) is 5.93. The van der Waals surface area contributed by atoms with Gasteiger partial charge in [-0.15, -0.1) is 0 Å². The number of nitrogen functional groups attached to an aromatic ring is 1. The minimum absolute atomic E-state index is 0.0206. The van der Waals surface area contributed by atoms with Crippen LogP contribution in [-0.4, -0.2) is 48.4 Å². The standard InChI is InChI=1S/C25H29N5O3/c1-17(26)29-12-9-21(10-13-29)33-22-7-8-23-20(15-22)16-32-25(31)30(23)11-3-5-18-4-2-6-19(14-18)24(27)28/h2-8,14-15,21,26H,9-13,16H2,1H3,(H3,27,28)/b5-3-,26-17?. The maximum atomic E-state index is 12.4. The maximum Gasteiger partial charge on any atom is 0.414 e. The third-order valence-corrected chi connectivity index (χ3v) is 5.93. The number of ether oxygens (including phenoxy) is 2. The van der Waals surface area contributed by atoms with Gasteiger partial charge in [0, 0.05) is 43.6 Å². The summed E-state index contributed by atoms with van der Waals surface area (Å²) in [7, 11) is 0. The topological polar surface area (TPSA) is 116 Å². The van der Waals surface area contributed by atoms with E-state index in [9.17, 15) is 4.79 Å². The van der Waals surface area contributed by atoms with Crippen LogP contribution in [0.15, 0.2) is 48.5 Å². The van der Waals surface area contributed by atoms with Gasteiger partial charge in [-0.1, -0.05) is 30.4 Å². The number of nitrogens with one attached hydrogen (secondary N) is 2. The smallest absolute Gasteiger partial charge is 0.414 e. The Morgan fingerprint density at radius 2 is 2.00 bits per heavy atom. The molecule has 0 bridgehead atoms. The second kappa shape index (κ2) is 9.77. The molecule has 2 heterocycles. The van der Waals surface area contributed by atoms with Gasteiger partial charge in [0.1, 0.15) is 24.3 Å². The van der Waals surface area contributed by atoms with E-state index in [0.717, 1.165) is 48.5 Å². The third kappa shape index (κ3) is 5.34. The van der Waals surface area contributed by atoms with Crippen LogP contribution >= 0.6 is 0 Å². The molecule has 8 heteroatoms. The first-order chi connectivity index (χ1) is 15.9. The van der Waals surface area contributed by atoms with Crippen LogP contribution in [-0.2, 0) is 11.3 Å². The number of amides is 1. The number of amidine groups is 2. The fourth-order valence-corrected chi connectivity index (χ4v) is 4.11. The van der Waals surface area contributed by atoms with E-state index in [4.69, 9.17) is 26.0 Å². The quantitative estimate of drug-likeness (QED) is 0.458. The summed E-state index contributed by atoms with van der Waals surface area (Å²) in [6.45, 7) is 4.06. The summed E-state index contributed by atoms with van der Waals surface area (Å²) in [5, 5.41) is 15.3. The van der Waals surface area contributed by atoms with E-state index in [-0.39, 0.29) is 24.6 Å². The molecule has 8 nitrogen and oxygen atoms in total. The van der Waals surface area contributed by atoms with E-state index in [1.54, 1.807) is 11.0 Å². The number of benzene rings is 2. The number of likely N-dealkylation sites (tertiary alicyclic amines) is 1. The zero-order valence-electron chi connectivity index (χ0n) is 18.7. The highest BCUT2D eigenvalue weighted by atomic mass is 16.6. The zero-order valence-corrected chi connectivity index (χ0v) is 18.7. The molecule has 4 N–H and O–H groups in total. The minimum Gasteiger partial charge on any atom is -0.490 e. The Morgan fingerprint density at radius 3 is 2.73 bits per heavy atom. The number of piperidine rings is 1. The number of fused-ring (bicyclic) bond motifs is 1. The molecule has 1 fully saturated rings. The summed E-state index contributed by atoms with van der Waals surface area (Å²) in [4.78, 5) is 16.1. The van der Waals surface area contributed by atoms with Crippen molar-refractivity contribution in [2.75, 3.05) is 24.5 Å². The molecule has 4 rings (SSSR count). The highest BCUT2D eigenvalue weighted by Gasteiger charge is 2.26. The number of anilines is 1. The first kappa shape index (κ1) is 22.4. The fourth-order valence-electron chi connectivity index (χ4n) is 4.11. The Bertz CT molecular complexity index is 1090. The number of hydrogen-bond acceptors (Lipinski definition) is 5. The molecule has 172 valence electrons. The van der Waals surface area contributed by atoms with Gasteiger partial charge in [0.05, 0.1) is 11.5 Å². The van der Waals surface area contributed by atoms with Gasteiger partial charge in [0.25, 0.3) is 0 Å². The lowest BCUT2D eigenvalue weighted by molar-refractivity contribution is 0.128. The first-order valence-electron chi connectivity index (χ1n) is 11.1. The van der Waals surface area contributed by atoms with E-state index >= 15 is 0 Å². The second-order valence-corrected chi connectivity index (χ2v) is 8.29. The van der Waals surface area contributed by atoms with Gasteiger partial charge in [-0.05, 0) is 36.8 Å². The maximum absolute atomic E-state index is 12.4. The average molecular weight is 448 g/mol. The van der Waals surface area contributed by atoms with Crippen LogP contribution in [0.3, 0.4) is 0 Å². The molecule has 0 spiro atoms. The highest BCUT2D eigenvalue weighted by molar-refractivity contribution is 5.95. The zero-order chi connectivity index (χ0) is 23.4. The molecule has 2 aliphatic rings. The molecule has 0 aliphatic carbocycles. The summed E-state index contributed by atoms with van der Waals surface area (Å²) in [6, 6.07) is 13.1. The monoisotopic (exact) mass is 447 g/mol. The lowest BCUT2D eigenvalue weighted by atomic mass is 10.1. The van der Waals surface area contributed by atoms with Crippen molar-refractivity contribution < 1.29 is 14.3 Å². The fraction of sp³-hybridized carbons (Fsp3) is 0.320. The Labute approximate surface area is 193 Å². The second-order valence-electron chi connectivity index (χ2n) is 8.29. The lowest BCUT2D eigenvalue weighted by Gasteiger charge is -2.33. The molecule has 33 heavy (non-hydrogen) atoms. The Kier molecular flexibility index (Phi) is 6.63. The molecular weight excluding hydrogens is 418 g/mol. The normalized spacial score (nSPS) is 16.5. The Hall–Kier alpha value is -3.81. The van der Waals surface area contributed by atoms with Gasteiger partial charge >= 0.3 is 6.09 Å². The summed E-state index contributed by atoms with van der Waals surface area (Å²) >= 11 is 0. The molecule has 0 unspecified atom stereocenters. The van der Waals surface area contributed by atoms with Crippen molar-refractivity contribution in [2.45, 2.75) is 32.5 Å². The molecule has 0 radical (unpaired) electrons. The van der Waals surface area contributed by atoms with Gasteiger partial charge in [-0.3, -0.25) is 15.7 Å². The largest absolute Gasteiger partial charge is 0.490 e. The predicted octanol–water partition coefficient (Wildman–Crippen LogP) is 3.98. The van der Waals surface area contributed by atoms with Crippen LogP contribution in [0.5, 0.6) is 5.75 Å². The molecule has 0 atom stereocenters. The van der Waals surface area contributed by atoms with Crippen molar-refractivity contribution in [1.82, 2.24) is 4.90 Å². The van der Waals surface area contributed by atoms with E-state index < -0.39 is 0 Å². The number of carbonyl (C=O) groups excluding carboxylic acids is 1. The first-order valence-corrected chi connectivity index (χ1v) is 11.1. The average Bonchev–Trinajstić information content (AvgIpc) is 2.81. The van der Waals surface area contributed by atoms with Gasteiger partial charge < -0.3 is 20.1 Å². The molecular formula is C25H29N5O3. The summed E-state index contributed by atoms with van der Waals surface area (Å²) in [5.74, 6) is 1.39. The summed E-state index contributed by atoms with van der Waals surface area (Å²) in [5.41, 5.74) is 8.84. The molecule has 1 amide bonds. The van der Waals surface area contributed by atoms with Gasteiger partial charge in [-0.2, -0.15) is 0 Å². The molecule has 0 aromatic heterocycles. The van der Waals surface area contributed by atoms with Crippen molar-refractivity contribution in [3.63, 3.8) is 0 Å². The van der Waals surface area contributed by atoms with E-state index in [1.807, 2.05) is 55.5 Å². The number of nitrogens with zero attached hydrogens (tertiary/aromatic N) is 2. The van der Waals surface area contributed by atoms with E-state index in [1.165, 1.54) is 0 Å². The predicted molar refractivity (Wildman–Crippen MR) is 129 cm³/mol. The van der Waals surface area contributed by atoms with Gasteiger partial charge in [-0.25, -0.2) is 4.79 Å². The Balaban J connectivity index is 1.42. The minimum atomic E-state index is -0.382. The van der Waals surface area contributed by atoms with Crippen molar-refractivity contribution >= 4 is 29.5 Å². The van der Waals surface area contributed by atoms with Gasteiger partial charge in [0.2, 0.25) is 0 Å². The van der Waals surface area contributed by atoms with Crippen molar-refractivity contribution in [3.05, 3.63) is 65.2 Å². The molecule has 2 aromatic rings. The van der Waals surface area contributed by atoms with E-state index in [0.29, 0.717) is 17.9 Å². The molecule has 0 saturated carbocycles. The van der Waals surface area contributed by atoms with E-state index in [2.05, 4.69) is 4.90 Å².